The molecule has 1 rings (SSSR count). The number of aromatic amines is 2. The second kappa shape index (κ2) is 7.77. The first-order valence-electron chi connectivity index (χ1n) is 5.82. The van der Waals surface area contributed by atoms with Gasteiger partial charge in [0, 0.05) is 12.6 Å². The van der Waals surface area contributed by atoms with Gasteiger partial charge < -0.3 is 4.74 Å². The van der Waals surface area contributed by atoms with E-state index in [2.05, 4.69) is 4.72 Å². The fraction of sp³-hybridized carbons (Fsp3) is 0.667. The summed E-state index contributed by atoms with van der Waals surface area (Å²) >= 11 is 0. The number of rotatable bonds is 8. The van der Waals surface area contributed by atoms with Gasteiger partial charge in [-0.2, -0.15) is 0 Å². The lowest BCUT2D eigenvalue weighted by Gasteiger charge is -2.09. The summed E-state index contributed by atoms with van der Waals surface area (Å²) in [5, 5.41) is 0. The Balaban J connectivity index is 2.37. The molecule has 0 spiro atoms. The lowest BCUT2D eigenvalue weighted by molar-refractivity contribution is 0.118. The van der Waals surface area contributed by atoms with Crippen LogP contribution in [-0.2, 0) is 22.2 Å². The van der Waals surface area contributed by atoms with Crippen LogP contribution >= 0.6 is 0 Å². The summed E-state index contributed by atoms with van der Waals surface area (Å²) in [6.45, 7) is 2.03. The highest BCUT2D eigenvalue weighted by Gasteiger charge is 2.04. The summed E-state index contributed by atoms with van der Waals surface area (Å²) in [4.78, 5) is 37.3. The maximum atomic E-state index is 11.3. The highest BCUT2D eigenvalue weighted by molar-refractivity contribution is 7.70. The minimum absolute atomic E-state index is 0.0113. The molecule has 0 bridgehead atoms. The molecular formula is C9H16N4O6S. The Labute approximate surface area is 114 Å². The van der Waals surface area contributed by atoms with Crippen LogP contribution in [0, 0.1) is 0 Å². The minimum Gasteiger partial charge on any atom is -0.380 e. The van der Waals surface area contributed by atoms with Crippen LogP contribution in [0.1, 0.15) is 13.3 Å². The summed E-state index contributed by atoms with van der Waals surface area (Å²) in [5.41, 5.74) is -2.47. The molecule has 0 aliphatic heterocycles. The second-order valence-electron chi connectivity index (χ2n) is 4.03. The van der Waals surface area contributed by atoms with Crippen LogP contribution in [0.3, 0.4) is 0 Å². The van der Waals surface area contributed by atoms with Crippen LogP contribution in [0.2, 0.25) is 0 Å². The molecule has 11 heteroatoms. The third-order valence-corrected chi connectivity index (χ3v) is 3.06. The van der Waals surface area contributed by atoms with Gasteiger partial charge in [0.05, 0.1) is 13.2 Å². The van der Waals surface area contributed by atoms with E-state index in [1.807, 2.05) is 9.97 Å². The molecule has 0 aliphatic rings. The Bertz CT molecular complexity index is 630. The van der Waals surface area contributed by atoms with Crippen molar-refractivity contribution in [3.63, 3.8) is 0 Å². The van der Waals surface area contributed by atoms with E-state index in [9.17, 15) is 22.8 Å². The van der Waals surface area contributed by atoms with E-state index >= 15 is 0 Å². The Morgan fingerprint density at radius 2 is 1.80 bits per heavy atom. The number of nitrogens with zero attached hydrogens (tertiary/aromatic N) is 1. The Morgan fingerprint density at radius 3 is 2.35 bits per heavy atom. The predicted octanol–water partition coefficient (Wildman–Crippen LogP) is -2.86. The Morgan fingerprint density at radius 1 is 1.20 bits per heavy atom. The van der Waals surface area contributed by atoms with Gasteiger partial charge in [-0.3, -0.25) is 9.97 Å². The molecule has 0 fully saturated rings. The van der Waals surface area contributed by atoms with Crippen molar-refractivity contribution >= 4 is 10.9 Å². The van der Waals surface area contributed by atoms with Gasteiger partial charge in [-0.05, 0) is 13.3 Å². The largest absolute Gasteiger partial charge is 0.380 e. The van der Waals surface area contributed by atoms with Gasteiger partial charge in [0.25, 0.3) is 0 Å². The van der Waals surface area contributed by atoms with E-state index in [4.69, 9.17) is 4.74 Å². The molecule has 3 N–H and O–H groups in total. The smallest absolute Gasteiger partial charge is 0.333 e. The normalized spacial score (nSPS) is 12.7. The zero-order chi connectivity index (χ0) is 15.1. The van der Waals surface area contributed by atoms with Crippen LogP contribution in [0.5, 0.6) is 0 Å². The maximum Gasteiger partial charge on any atom is 0.333 e. The van der Waals surface area contributed by atoms with E-state index in [1.165, 1.54) is 0 Å². The van der Waals surface area contributed by atoms with Crippen LogP contribution in [0.25, 0.3) is 0 Å². The van der Waals surface area contributed by atoms with Gasteiger partial charge in [-0.25, -0.2) is 32.1 Å². The fourth-order valence-corrected chi connectivity index (χ4v) is 1.91. The summed E-state index contributed by atoms with van der Waals surface area (Å²) in [6, 6.07) is -0.254. The number of thiol groups is 1. The lowest BCUT2D eigenvalue weighted by atomic mass is 10.3. The molecule has 0 amide bonds. The van der Waals surface area contributed by atoms with Crippen LogP contribution in [-0.4, -0.2) is 42.2 Å². The standard InChI is InChI=1S/C9H16N4O6S/c1-6(12-20(17)18)2-4-19-5-3-13-8(15)10-7(14)11-9(13)16/h6,20H,2-5H2,1H3,(H,12,17,18)(H2,10,11,14,15,16). The topological polar surface area (TPSA) is 143 Å². The third kappa shape index (κ3) is 5.50. The van der Waals surface area contributed by atoms with Crippen molar-refractivity contribution in [2.24, 2.45) is 0 Å². The fourth-order valence-electron chi connectivity index (χ4n) is 1.42. The number of aromatic nitrogens is 3. The van der Waals surface area contributed by atoms with Crippen molar-refractivity contribution in [3.05, 3.63) is 31.5 Å². The maximum absolute atomic E-state index is 11.3. The van der Waals surface area contributed by atoms with E-state index in [-0.39, 0.29) is 25.8 Å². The average molecular weight is 308 g/mol. The summed E-state index contributed by atoms with van der Waals surface area (Å²) < 4.78 is 29.0. The molecule has 0 saturated heterocycles. The molecule has 1 aromatic rings. The molecule has 20 heavy (non-hydrogen) atoms. The highest BCUT2D eigenvalue weighted by atomic mass is 32.2. The van der Waals surface area contributed by atoms with E-state index in [1.54, 1.807) is 6.92 Å². The first kappa shape index (κ1) is 16.3. The monoisotopic (exact) mass is 308 g/mol. The van der Waals surface area contributed by atoms with Gasteiger partial charge in [0.15, 0.2) is 0 Å². The van der Waals surface area contributed by atoms with Gasteiger partial charge >= 0.3 is 17.1 Å². The number of H-pyrrole nitrogens is 2. The summed E-state index contributed by atoms with van der Waals surface area (Å²) in [7, 11) is -2.64. The van der Waals surface area contributed by atoms with Crippen LogP contribution in [0.15, 0.2) is 14.4 Å². The van der Waals surface area contributed by atoms with Crippen LogP contribution in [0.4, 0.5) is 0 Å². The molecule has 0 aliphatic carbocycles. The third-order valence-electron chi connectivity index (χ3n) is 2.41. The van der Waals surface area contributed by atoms with E-state index in [0.29, 0.717) is 6.42 Å². The molecule has 1 atom stereocenters. The number of nitrogens with one attached hydrogen (secondary N) is 3. The Hall–Kier alpha value is -1.72. The van der Waals surface area contributed by atoms with E-state index in [0.717, 1.165) is 4.57 Å². The predicted molar refractivity (Wildman–Crippen MR) is 70.3 cm³/mol. The molecule has 10 nitrogen and oxygen atoms in total. The number of ether oxygens (including phenoxy) is 1. The molecule has 1 unspecified atom stereocenters. The van der Waals surface area contributed by atoms with Gasteiger partial charge in [0.1, 0.15) is 0 Å². The van der Waals surface area contributed by atoms with Crippen molar-refractivity contribution in [2.45, 2.75) is 25.9 Å². The summed E-state index contributed by atoms with van der Waals surface area (Å²) in [6.07, 6.45) is 0.459. The van der Waals surface area contributed by atoms with Gasteiger partial charge in [0.2, 0.25) is 10.9 Å². The van der Waals surface area contributed by atoms with Gasteiger partial charge in [-0.15, -0.1) is 0 Å². The zero-order valence-electron chi connectivity index (χ0n) is 10.7. The van der Waals surface area contributed by atoms with Crippen molar-refractivity contribution in [3.8, 4) is 0 Å². The van der Waals surface area contributed by atoms with Crippen LogP contribution < -0.4 is 21.8 Å². The average Bonchev–Trinajstić information content (AvgIpc) is 2.30. The molecule has 0 aromatic carbocycles. The molecule has 1 aromatic heterocycles. The molecule has 0 saturated carbocycles. The quantitative estimate of drug-likeness (QED) is 0.300. The second-order valence-corrected chi connectivity index (χ2v) is 4.80. The van der Waals surface area contributed by atoms with Crippen molar-refractivity contribution in [1.82, 2.24) is 19.3 Å². The first-order valence-corrected chi connectivity index (χ1v) is 6.99. The molecule has 0 radical (unpaired) electrons. The van der Waals surface area contributed by atoms with Crippen molar-refractivity contribution < 1.29 is 13.2 Å². The lowest BCUT2D eigenvalue weighted by Crippen LogP contribution is -2.43. The number of hydrogen-bond donors (Lipinski definition) is 4. The van der Waals surface area contributed by atoms with Crippen molar-refractivity contribution in [1.29, 1.82) is 0 Å². The highest BCUT2D eigenvalue weighted by Crippen LogP contribution is 1.91. The molecule has 114 valence electrons. The molecule has 1 heterocycles. The van der Waals surface area contributed by atoms with E-state index < -0.39 is 28.0 Å². The Kier molecular flexibility index (Phi) is 6.35. The number of hydrogen-bond acceptors (Lipinski definition) is 6. The van der Waals surface area contributed by atoms with Gasteiger partial charge in [-0.1, -0.05) is 0 Å². The van der Waals surface area contributed by atoms with Crippen molar-refractivity contribution in [2.75, 3.05) is 13.2 Å². The molecular weight excluding hydrogens is 292 g/mol. The minimum atomic E-state index is -2.64. The SMILES string of the molecule is CC(CCOCCn1c(=O)[nH]c(=O)[nH]c1=O)N[SH](=O)=O. The zero-order valence-corrected chi connectivity index (χ0v) is 11.6. The summed E-state index contributed by atoms with van der Waals surface area (Å²) in [5.74, 6) is 0. The first-order chi connectivity index (χ1) is 9.40.